The number of benzene rings is 3. The molecule has 168 valence electrons. The van der Waals surface area contributed by atoms with Crippen molar-refractivity contribution < 1.29 is 23.1 Å². The van der Waals surface area contributed by atoms with Gasteiger partial charge in [-0.25, -0.2) is 8.42 Å². The third-order valence-electron chi connectivity index (χ3n) is 5.14. The topological polar surface area (TPSA) is 83.9 Å². The van der Waals surface area contributed by atoms with Crippen molar-refractivity contribution in [2.24, 2.45) is 0 Å². The Morgan fingerprint density at radius 2 is 1.50 bits per heavy atom. The summed E-state index contributed by atoms with van der Waals surface area (Å²) in [6.45, 7) is 0.277. The van der Waals surface area contributed by atoms with Gasteiger partial charge < -0.3 is 9.84 Å². The Morgan fingerprint density at radius 3 is 2.12 bits per heavy atom. The van der Waals surface area contributed by atoms with E-state index in [1.807, 2.05) is 48.5 Å². The number of rotatable bonds is 9. The second-order valence-electron chi connectivity index (χ2n) is 7.73. The van der Waals surface area contributed by atoms with Crippen molar-refractivity contribution in [3.05, 3.63) is 101 Å². The van der Waals surface area contributed by atoms with Gasteiger partial charge in [-0.3, -0.25) is 4.79 Å². The zero-order chi connectivity index (χ0) is 23.1. The van der Waals surface area contributed by atoms with Crippen LogP contribution in [0.2, 0.25) is 0 Å². The van der Waals surface area contributed by atoms with Crippen LogP contribution >= 0.6 is 0 Å². The predicted octanol–water partition coefficient (Wildman–Crippen LogP) is 3.66. The molecular weight excluding hydrogens is 426 g/mol. The molecule has 1 N–H and O–H groups in total. The van der Waals surface area contributed by atoms with Gasteiger partial charge >= 0.3 is 5.97 Å². The van der Waals surface area contributed by atoms with E-state index in [-0.39, 0.29) is 31.2 Å². The molecule has 0 aliphatic heterocycles. The molecule has 0 amide bonds. The van der Waals surface area contributed by atoms with Gasteiger partial charge in [-0.05, 0) is 33.9 Å². The Morgan fingerprint density at radius 1 is 0.875 bits per heavy atom. The number of carbonyl (C=O) groups is 1. The Labute approximate surface area is 189 Å². The molecule has 3 aromatic carbocycles. The third kappa shape index (κ3) is 6.67. The van der Waals surface area contributed by atoms with Crippen LogP contribution in [0.25, 0.3) is 0 Å². The lowest BCUT2D eigenvalue weighted by molar-refractivity contribution is -0.139. The fourth-order valence-electron chi connectivity index (χ4n) is 3.45. The van der Waals surface area contributed by atoms with Crippen LogP contribution in [0, 0.1) is 0 Å². The number of sulfonamides is 1. The molecule has 0 aromatic heterocycles. The lowest BCUT2D eigenvalue weighted by Gasteiger charge is -2.21. The van der Waals surface area contributed by atoms with Gasteiger partial charge in [0.2, 0.25) is 10.0 Å². The average Bonchev–Trinajstić information content (AvgIpc) is 2.75. The first-order valence-electron chi connectivity index (χ1n) is 10.2. The van der Waals surface area contributed by atoms with Crippen LogP contribution in [0.5, 0.6) is 5.75 Å². The predicted molar refractivity (Wildman–Crippen MR) is 124 cm³/mol. The van der Waals surface area contributed by atoms with Gasteiger partial charge in [-0.2, -0.15) is 4.31 Å². The number of esters is 1. The van der Waals surface area contributed by atoms with E-state index in [4.69, 9.17) is 4.74 Å². The molecular formula is C25H27NO5S. The van der Waals surface area contributed by atoms with Gasteiger partial charge in [0.15, 0.2) is 0 Å². The Bertz CT molecular complexity index is 1180. The zero-order valence-corrected chi connectivity index (χ0v) is 19.0. The highest BCUT2D eigenvalue weighted by Crippen LogP contribution is 2.24. The summed E-state index contributed by atoms with van der Waals surface area (Å²) in [6, 6.07) is 22.3. The summed E-state index contributed by atoms with van der Waals surface area (Å²) in [6.07, 6.45) is 1.88. The first kappa shape index (κ1) is 23.5. The monoisotopic (exact) mass is 453 g/mol. The largest absolute Gasteiger partial charge is 0.508 e. The molecule has 0 saturated carbocycles. The smallest absolute Gasteiger partial charge is 0.309 e. The minimum absolute atomic E-state index is 0.124. The summed E-state index contributed by atoms with van der Waals surface area (Å²) in [5.41, 5.74) is 4.07. The fraction of sp³-hybridized carbons (Fsp3) is 0.240. The molecule has 3 rings (SSSR count). The number of hydrogen-bond donors (Lipinski definition) is 1. The van der Waals surface area contributed by atoms with Gasteiger partial charge in [-0.15, -0.1) is 0 Å². The molecule has 0 saturated heterocycles. The highest BCUT2D eigenvalue weighted by molar-refractivity contribution is 7.88. The number of carbonyl (C=O) groups excluding carboxylic acids is 1. The number of methoxy groups -OCH3 is 1. The number of ether oxygens (including phenoxy) is 1. The van der Waals surface area contributed by atoms with Gasteiger partial charge in [-0.1, -0.05) is 66.7 Å². The van der Waals surface area contributed by atoms with Crippen molar-refractivity contribution in [3.8, 4) is 5.75 Å². The van der Waals surface area contributed by atoms with Crippen molar-refractivity contribution in [2.75, 3.05) is 13.4 Å². The Hall–Kier alpha value is -3.16. The molecule has 0 radical (unpaired) electrons. The number of phenolic OH excluding ortho intramolecular Hbond substituents is 1. The van der Waals surface area contributed by atoms with Crippen LogP contribution in [0.3, 0.4) is 0 Å². The van der Waals surface area contributed by atoms with E-state index >= 15 is 0 Å². The molecule has 32 heavy (non-hydrogen) atoms. The van der Waals surface area contributed by atoms with Crippen LogP contribution in [-0.2, 0) is 45.5 Å². The molecule has 0 bridgehead atoms. The maximum atomic E-state index is 12.4. The quantitative estimate of drug-likeness (QED) is 0.500. The molecule has 6 nitrogen and oxygen atoms in total. The molecule has 0 fully saturated rings. The van der Waals surface area contributed by atoms with Gasteiger partial charge in [0.05, 0.1) is 19.8 Å². The van der Waals surface area contributed by atoms with Gasteiger partial charge in [0.25, 0.3) is 0 Å². The normalized spacial score (nSPS) is 11.5. The summed E-state index contributed by atoms with van der Waals surface area (Å²) < 4.78 is 30.9. The van der Waals surface area contributed by atoms with Crippen molar-refractivity contribution in [1.29, 1.82) is 0 Å². The highest BCUT2D eigenvalue weighted by Gasteiger charge is 2.19. The van der Waals surface area contributed by atoms with E-state index in [1.165, 1.54) is 11.4 Å². The second kappa shape index (κ2) is 10.4. The molecule has 0 heterocycles. The fourth-order valence-corrected chi connectivity index (χ4v) is 4.21. The molecule has 0 spiro atoms. The van der Waals surface area contributed by atoms with Crippen molar-refractivity contribution in [2.45, 2.75) is 25.9 Å². The summed E-state index contributed by atoms with van der Waals surface area (Å²) >= 11 is 0. The highest BCUT2D eigenvalue weighted by atomic mass is 32.2. The summed E-state index contributed by atoms with van der Waals surface area (Å²) in [7, 11) is -2.18. The lowest BCUT2D eigenvalue weighted by Crippen LogP contribution is -2.29. The van der Waals surface area contributed by atoms with Gasteiger partial charge in [0.1, 0.15) is 5.75 Å². The van der Waals surface area contributed by atoms with E-state index in [0.717, 1.165) is 28.5 Å². The maximum absolute atomic E-state index is 12.4. The van der Waals surface area contributed by atoms with Crippen LogP contribution in [-0.4, -0.2) is 37.2 Å². The van der Waals surface area contributed by atoms with E-state index in [1.54, 1.807) is 24.3 Å². The van der Waals surface area contributed by atoms with Crippen LogP contribution < -0.4 is 0 Å². The molecule has 3 aromatic rings. The lowest BCUT2D eigenvalue weighted by atomic mass is 10.0. The third-order valence-corrected chi connectivity index (χ3v) is 6.34. The number of nitrogens with zero attached hydrogens (tertiary/aromatic N) is 1. The van der Waals surface area contributed by atoms with E-state index in [9.17, 15) is 18.3 Å². The molecule has 0 unspecified atom stereocenters. The minimum Gasteiger partial charge on any atom is -0.508 e. The zero-order valence-electron chi connectivity index (χ0n) is 18.2. The Kier molecular flexibility index (Phi) is 7.66. The van der Waals surface area contributed by atoms with Crippen molar-refractivity contribution >= 4 is 16.0 Å². The van der Waals surface area contributed by atoms with E-state index in [0.29, 0.717) is 12.0 Å². The molecule has 0 atom stereocenters. The average molecular weight is 454 g/mol. The second-order valence-corrected chi connectivity index (χ2v) is 9.71. The minimum atomic E-state index is -3.51. The van der Waals surface area contributed by atoms with Gasteiger partial charge in [0, 0.05) is 19.5 Å². The number of phenols is 1. The van der Waals surface area contributed by atoms with Crippen molar-refractivity contribution in [1.82, 2.24) is 4.31 Å². The Balaban J connectivity index is 1.76. The summed E-state index contributed by atoms with van der Waals surface area (Å²) in [5, 5.41) is 10.5. The maximum Gasteiger partial charge on any atom is 0.309 e. The standard InChI is InChI=1S/C25H27NO5S/c1-31-25(28)16-20-9-6-10-21(13-20)17-26(32(2,29)30)18-22-11-12-23(24(27)15-22)14-19-7-4-3-5-8-19/h3-13,15,27H,14,16-18H2,1-2H3. The van der Waals surface area contributed by atoms with Crippen LogP contribution in [0.15, 0.2) is 72.8 Å². The number of aromatic hydroxyl groups is 1. The molecule has 0 aliphatic carbocycles. The number of hydrogen-bond acceptors (Lipinski definition) is 5. The van der Waals surface area contributed by atoms with Crippen LogP contribution in [0.1, 0.15) is 27.8 Å². The first-order chi connectivity index (χ1) is 15.2. The first-order valence-corrected chi connectivity index (χ1v) is 12.0. The summed E-state index contributed by atoms with van der Waals surface area (Å²) in [4.78, 5) is 11.5. The molecule has 0 aliphatic rings. The van der Waals surface area contributed by atoms with E-state index in [2.05, 4.69) is 0 Å². The van der Waals surface area contributed by atoms with E-state index < -0.39 is 10.0 Å². The molecule has 7 heteroatoms. The summed E-state index contributed by atoms with van der Waals surface area (Å²) in [5.74, 6) is -0.215. The van der Waals surface area contributed by atoms with Crippen molar-refractivity contribution in [3.63, 3.8) is 0 Å². The van der Waals surface area contributed by atoms with Crippen LogP contribution in [0.4, 0.5) is 0 Å². The SMILES string of the molecule is COC(=O)Cc1cccc(CN(Cc2ccc(Cc3ccccc3)c(O)c2)S(C)(=O)=O)c1.